The van der Waals surface area contributed by atoms with Gasteiger partial charge in [0.05, 0.1) is 33.8 Å². The molecule has 0 saturated carbocycles. The van der Waals surface area contributed by atoms with Crippen LogP contribution >= 0.6 is 11.3 Å². The number of hydrogen-bond acceptors (Lipinski definition) is 6. The van der Waals surface area contributed by atoms with Crippen molar-refractivity contribution in [3.05, 3.63) is 99.2 Å². The predicted octanol–water partition coefficient (Wildman–Crippen LogP) is 6.00. The van der Waals surface area contributed by atoms with Crippen LogP contribution < -0.4 is 15.1 Å². The van der Waals surface area contributed by atoms with Crippen LogP contribution in [0.3, 0.4) is 0 Å². The van der Waals surface area contributed by atoms with Crippen LogP contribution in [0.15, 0.2) is 69.9 Å². The molecule has 5 aromatic rings. The van der Waals surface area contributed by atoms with E-state index in [9.17, 15) is 14.0 Å². The molecule has 1 atom stereocenters. The van der Waals surface area contributed by atoms with E-state index >= 15 is 0 Å². The molecule has 1 aliphatic heterocycles. The van der Waals surface area contributed by atoms with E-state index < -0.39 is 17.8 Å². The quantitative estimate of drug-likeness (QED) is 0.312. The maximum Gasteiger partial charge on any atom is 0.297 e. The van der Waals surface area contributed by atoms with Gasteiger partial charge in [-0.2, -0.15) is 0 Å². The standard InChI is InChI=1S/C27H19FN2O4S/c1-3-33-17-9-10-19-21(13-17)35-27(29-19)30-23(15-5-7-16(28)8-6-15)22-24(31)18-12-14(2)4-11-20(18)34-25(22)26(30)32/h4-13,23H,3H2,1-2H3. The topological polar surface area (TPSA) is 72.6 Å². The number of thiazole rings is 1. The molecule has 35 heavy (non-hydrogen) atoms. The first-order valence-electron chi connectivity index (χ1n) is 11.1. The van der Waals surface area contributed by atoms with E-state index in [1.807, 2.05) is 38.1 Å². The maximum atomic E-state index is 13.8. The highest BCUT2D eigenvalue weighted by Crippen LogP contribution is 2.44. The smallest absolute Gasteiger partial charge is 0.297 e. The van der Waals surface area contributed by atoms with Gasteiger partial charge in [-0.3, -0.25) is 14.5 Å². The van der Waals surface area contributed by atoms with Crippen LogP contribution in [0.25, 0.3) is 21.2 Å². The minimum Gasteiger partial charge on any atom is -0.494 e. The molecule has 0 spiro atoms. The lowest BCUT2D eigenvalue weighted by Gasteiger charge is -2.22. The molecule has 0 aliphatic carbocycles. The predicted molar refractivity (Wildman–Crippen MR) is 133 cm³/mol. The Kier molecular flexibility index (Phi) is 4.93. The average Bonchev–Trinajstić information content (AvgIpc) is 3.39. The lowest BCUT2D eigenvalue weighted by Crippen LogP contribution is -2.29. The van der Waals surface area contributed by atoms with E-state index in [0.29, 0.717) is 39.5 Å². The fourth-order valence-corrected chi connectivity index (χ4v) is 5.52. The highest BCUT2D eigenvalue weighted by molar-refractivity contribution is 7.22. The van der Waals surface area contributed by atoms with Gasteiger partial charge in [-0.05, 0) is 61.9 Å². The van der Waals surface area contributed by atoms with Gasteiger partial charge in [0, 0.05) is 0 Å². The summed E-state index contributed by atoms with van der Waals surface area (Å²) in [7, 11) is 0. The monoisotopic (exact) mass is 486 g/mol. The van der Waals surface area contributed by atoms with E-state index in [0.717, 1.165) is 10.3 Å². The molecular weight excluding hydrogens is 467 g/mol. The van der Waals surface area contributed by atoms with Crippen LogP contribution in [0.2, 0.25) is 0 Å². The molecule has 2 aromatic heterocycles. The number of hydrogen-bond donors (Lipinski definition) is 0. The van der Waals surface area contributed by atoms with Crippen LogP contribution in [0.1, 0.15) is 40.2 Å². The van der Waals surface area contributed by atoms with Crippen LogP contribution in [0.5, 0.6) is 5.75 Å². The number of aryl methyl sites for hydroxylation is 1. The van der Waals surface area contributed by atoms with E-state index in [1.54, 1.807) is 24.3 Å². The lowest BCUT2D eigenvalue weighted by atomic mass is 9.98. The van der Waals surface area contributed by atoms with Crippen LogP contribution in [-0.2, 0) is 0 Å². The first-order chi connectivity index (χ1) is 16.9. The van der Waals surface area contributed by atoms with E-state index in [-0.39, 0.29) is 16.8 Å². The summed E-state index contributed by atoms with van der Waals surface area (Å²) < 4.78 is 26.2. The maximum absolute atomic E-state index is 13.8. The summed E-state index contributed by atoms with van der Waals surface area (Å²) in [4.78, 5) is 33.6. The summed E-state index contributed by atoms with van der Waals surface area (Å²) in [6, 6.07) is 15.8. The molecule has 1 unspecified atom stereocenters. The van der Waals surface area contributed by atoms with E-state index in [2.05, 4.69) is 4.98 Å². The SMILES string of the molecule is CCOc1ccc2nc(N3C(=O)c4oc5ccc(C)cc5c(=O)c4C3c3ccc(F)cc3)sc2c1. The van der Waals surface area contributed by atoms with Crippen molar-refractivity contribution in [1.82, 2.24) is 4.98 Å². The molecule has 3 aromatic carbocycles. The number of benzene rings is 3. The van der Waals surface area contributed by atoms with Crippen LogP contribution in [0.4, 0.5) is 9.52 Å². The largest absolute Gasteiger partial charge is 0.494 e. The zero-order valence-corrected chi connectivity index (χ0v) is 19.7. The fourth-order valence-electron chi connectivity index (χ4n) is 4.50. The number of fused-ring (bicyclic) bond motifs is 3. The first-order valence-corrected chi connectivity index (χ1v) is 12.0. The molecule has 6 nitrogen and oxygen atoms in total. The van der Waals surface area contributed by atoms with Gasteiger partial charge in [0.25, 0.3) is 5.91 Å². The summed E-state index contributed by atoms with van der Waals surface area (Å²) in [5.74, 6) is -0.179. The molecule has 174 valence electrons. The van der Waals surface area contributed by atoms with E-state index in [4.69, 9.17) is 9.15 Å². The average molecular weight is 487 g/mol. The molecule has 1 aliphatic rings. The Bertz CT molecular complexity index is 1690. The van der Waals surface area contributed by atoms with Gasteiger partial charge in [-0.1, -0.05) is 35.1 Å². The van der Waals surface area contributed by atoms with Gasteiger partial charge in [0.2, 0.25) is 5.76 Å². The Labute approximate surface area is 203 Å². The summed E-state index contributed by atoms with van der Waals surface area (Å²) in [6.07, 6.45) is 0. The third kappa shape index (κ3) is 3.40. The van der Waals surface area contributed by atoms with Crippen molar-refractivity contribution in [3.63, 3.8) is 0 Å². The van der Waals surface area contributed by atoms with Gasteiger partial charge >= 0.3 is 0 Å². The molecule has 8 heteroatoms. The van der Waals surface area contributed by atoms with Gasteiger partial charge in [-0.15, -0.1) is 0 Å². The number of rotatable bonds is 4. The molecule has 0 bridgehead atoms. The zero-order valence-electron chi connectivity index (χ0n) is 18.9. The molecule has 0 fully saturated rings. The number of amides is 1. The van der Waals surface area contributed by atoms with Crippen molar-refractivity contribution < 1.29 is 18.3 Å². The van der Waals surface area contributed by atoms with Crippen molar-refractivity contribution in [2.45, 2.75) is 19.9 Å². The second-order valence-corrected chi connectivity index (χ2v) is 9.37. The number of halogens is 1. The number of carbonyl (C=O) groups is 1. The molecule has 6 rings (SSSR count). The first kappa shape index (κ1) is 21.5. The molecule has 1 amide bonds. The Morgan fingerprint density at radius 1 is 1.09 bits per heavy atom. The number of nitrogens with zero attached hydrogens (tertiary/aromatic N) is 2. The minimum atomic E-state index is -0.800. The zero-order chi connectivity index (χ0) is 24.3. The number of carbonyl (C=O) groups excluding carboxylic acids is 1. The molecular formula is C27H19FN2O4S. The highest BCUT2D eigenvalue weighted by Gasteiger charge is 2.45. The summed E-state index contributed by atoms with van der Waals surface area (Å²) in [5.41, 5.74) is 2.49. The third-order valence-corrected chi connectivity index (χ3v) is 7.09. The summed E-state index contributed by atoms with van der Waals surface area (Å²) in [6.45, 7) is 4.33. The molecule has 0 radical (unpaired) electrons. The van der Waals surface area contributed by atoms with Crippen LogP contribution in [0, 0.1) is 12.7 Å². The highest BCUT2D eigenvalue weighted by atomic mass is 32.1. The molecule has 0 N–H and O–H groups in total. The Hall–Kier alpha value is -4.04. The Morgan fingerprint density at radius 2 is 1.89 bits per heavy atom. The van der Waals surface area contributed by atoms with Crippen molar-refractivity contribution >= 4 is 43.6 Å². The van der Waals surface area contributed by atoms with Crippen molar-refractivity contribution in [2.75, 3.05) is 11.5 Å². The summed E-state index contributed by atoms with van der Waals surface area (Å²) in [5, 5.41) is 0.815. The Morgan fingerprint density at radius 3 is 2.66 bits per heavy atom. The molecule has 3 heterocycles. The Balaban J connectivity index is 1.59. The van der Waals surface area contributed by atoms with E-state index in [1.165, 1.54) is 28.4 Å². The van der Waals surface area contributed by atoms with Crippen molar-refractivity contribution in [1.29, 1.82) is 0 Å². The fraction of sp³-hybridized carbons (Fsp3) is 0.148. The van der Waals surface area contributed by atoms with Gasteiger partial charge in [-0.25, -0.2) is 9.37 Å². The van der Waals surface area contributed by atoms with Gasteiger partial charge in [0.1, 0.15) is 17.1 Å². The van der Waals surface area contributed by atoms with Crippen LogP contribution in [-0.4, -0.2) is 17.5 Å². The van der Waals surface area contributed by atoms with Gasteiger partial charge < -0.3 is 9.15 Å². The minimum absolute atomic E-state index is 0.0186. The van der Waals surface area contributed by atoms with Gasteiger partial charge in [0.15, 0.2) is 10.6 Å². The summed E-state index contributed by atoms with van der Waals surface area (Å²) >= 11 is 1.32. The second-order valence-electron chi connectivity index (χ2n) is 8.36. The number of ether oxygens (including phenoxy) is 1. The number of anilines is 1. The van der Waals surface area contributed by atoms with Crippen molar-refractivity contribution in [2.24, 2.45) is 0 Å². The third-order valence-electron chi connectivity index (χ3n) is 6.08. The normalized spacial score (nSPS) is 15.2. The molecule has 0 saturated heterocycles. The second kappa shape index (κ2) is 8.02. The number of aromatic nitrogens is 1. The van der Waals surface area contributed by atoms with Crippen molar-refractivity contribution in [3.8, 4) is 5.75 Å². The lowest BCUT2D eigenvalue weighted by molar-refractivity contribution is 0.0971.